The molecule has 0 atom stereocenters. The smallest absolute Gasteiger partial charge is 0.250 e. The van der Waals surface area contributed by atoms with Crippen LogP contribution in [0.25, 0.3) is 27.9 Å². The van der Waals surface area contributed by atoms with Crippen LogP contribution in [0.4, 0.5) is 0 Å². The number of rotatable bonds is 8. The van der Waals surface area contributed by atoms with Crippen LogP contribution in [-0.4, -0.2) is 25.9 Å². The van der Waals surface area contributed by atoms with Gasteiger partial charge >= 0.3 is 0 Å². The Morgan fingerprint density at radius 2 is 1.82 bits per heavy atom. The highest BCUT2D eigenvalue weighted by Crippen LogP contribution is 2.31. The molecule has 0 aliphatic rings. The van der Waals surface area contributed by atoms with Gasteiger partial charge in [-0.25, -0.2) is 9.67 Å². The van der Waals surface area contributed by atoms with Crippen LogP contribution in [0.3, 0.4) is 0 Å². The molecule has 0 amide bonds. The van der Waals surface area contributed by atoms with Crippen molar-refractivity contribution in [2.45, 2.75) is 40.5 Å². The van der Waals surface area contributed by atoms with E-state index >= 15 is 0 Å². The van der Waals surface area contributed by atoms with Crippen LogP contribution in [-0.2, 0) is 7.05 Å². The molecule has 0 saturated carbocycles. The maximum atomic E-state index is 12.5. The molecule has 0 radical (unpaired) electrons. The summed E-state index contributed by atoms with van der Waals surface area (Å²) in [6.07, 6.45) is 9.61. The Morgan fingerprint density at radius 1 is 1.00 bits per heavy atom. The number of aromatic nitrogens is 4. The molecule has 0 saturated heterocycles. The van der Waals surface area contributed by atoms with Crippen LogP contribution in [0, 0.1) is 19.8 Å². The lowest BCUT2D eigenvalue weighted by molar-refractivity contribution is 0.287. The SMILES string of the molecule is Cc1cccc(-n2cc(-c3cn(C)c(=O)cc3-c3ccc(OCCCC(C)C)nc3)cn2)c1C. The van der Waals surface area contributed by atoms with Crippen molar-refractivity contribution in [2.75, 3.05) is 6.61 Å². The molecule has 0 fully saturated rings. The van der Waals surface area contributed by atoms with Crippen LogP contribution in [0.2, 0.25) is 0 Å². The van der Waals surface area contributed by atoms with E-state index < -0.39 is 0 Å². The van der Waals surface area contributed by atoms with E-state index in [0.717, 1.165) is 40.8 Å². The molecule has 0 spiro atoms. The van der Waals surface area contributed by atoms with Gasteiger partial charge in [-0.3, -0.25) is 4.79 Å². The zero-order valence-electron chi connectivity index (χ0n) is 20.6. The van der Waals surface area contributed by atoms with E-state index in [1.165, 1.54) is 11.1 Å². The normalized spacial score (nSPS) is 11.2. The van der Waals surface area contributed by atoms with Crippen molar-refractivity contribution >= 4 is 0 Å². The van der Waals surface area contributed by atoms with E-state index in [2.05, 4.69) is 49.9 Å². The summed E-state index contributed by atoms with van der Waals surface area (Å²) in [6, 6.07) is 11.7. The molecule has 0 N–H and O–H groups in total. The minimum Gasteiger partial charge on any atom is -0.478 e. The maximum absolute atomic E-state index is 12.5. The molecule has 4 rings (SSSR count). The Bertz CT molecular complexity index is 1330. The fourth-order valence-electron chi connectivity index (χ4n) is 3.97. The van der Waals surface area contributed by atoms with Crippen LogP contribution in [0.5, 0.6) is 5.88 Å². The zero-order valence-corrected chi connectivity index (χ0v) is 20.6. The Hall–Kier alpha value is -3.67. The molecule has 0 unspecified atom stereocenters. The molecular formula is C28H32N4O2. The van der Waals surface area contributed by atoms with Gasteiger partial charge in [-0.15, -0.1) is 0 Å². The Morgan fingerprint density at radius 3 is 2.56 bits per heavy atom. The van der Waals surface area contributed by atoms with Crippen molar-refractivity contribution in [3.63, 3.8) is 0 Å². The number of ether oxygens (including phenoxy) is 1. The lowest BCUT2D eigenvalue weighted by atomic mass is 9.99. The average molecular weight is 457 g/mol. The van der Waals surface area contributed by atoms with Gasteiger partial charge in [-0.2, -0.15) is 5.10 Å². The average Bonchev–Trinajstić information content (AvgIpc) is 3.30. The van der Waals surface area contributed by atoms with Crippen molar-refractivity contribution in [3.8, 4) is 33.8 Å². The van der Waals surface area contributed by atoms with Gasteiger partial charge in [-0.05, 0) is 61.4 Å². The molecule has 4 aromatic rings. The summed E-state index contributed by atoms with van der Waals surface area (Å²) in [6.45, 7) is 9.26. The maximum Gasteiger partial charge on any atom is 0.250 e. The monoisotopic (exact) mass is 456 g/mol. The van der Waals surface area contributed by atoms with Gasteiger partial charge in [0.25, 0.3) is 5.56 Å². The van der Waals surface area contributed by atoms with Gasteiger partial charge in [0.05, 0.1) is 18.5 Å². The molecule has 3 heterocycles. The lowest BCUT2D eigenvalue weighted by Gasteiger charge is -2.11. The Balaban J connectivity index is 1.65. The first-order valence-electron chi connectivity index (χ1n) is 11.7. The van der Waals surface area contributed by atoms with Crippen molar-refractivity contribution in [2.24, 2.45) is 13.0 Å². The molecule has 1 aromatic carbocycles. The van der Waals surface area contributed by atoms with Crippen LogP contribution in [0.1, 0.15) is 37.8 Å². The second kappa shape index (κ2) is 10.1. The van der Waals surface area contributed by atoms with Gasteiger partial charge in [0.1, 0.15) is 0 Å². The topological polar surface area (TPSA) is 61.9 Å². The molecule has 0 aliphatic heterocycles. The number of nitrogens with zero attached hydrogens (tertiary/aromatic N) is 4. The van der Waals surface area contributed by atoms with Crippen LogP contribution < -0.4 is 10.3 Å². The minimum absolute atomic E-state index is 0.0744. The molecule has 6 heteroatoms. The predicted octanol–water partition coefficient (Wildman–Crippen LogP) is 5.73. The van der Waals surface area contributed by atoms with Crippen molar-refractivity contribution in [1.82, 2.24) is 19.3 Å². The number of hydrogen-bond acceptors (Lipinski definition) is 4. The molecule has 34 heavy (non-hydrogen) atoms. The molecule has 0 aliphatic carbocycles. The quantitative estimate of drug-likeness (QED) is 0.318. The second-order valence-electron chi connectivity index (χ2n) is 9.21. The van der Waals surface area contributed by atoms with E-state index in [9.17, 15) is 4.79 Å². The minimum atomic E-state index is -0.0744. The number of pyridine rings is 2. The van der Waals surface area contributed by atoms with Gasteiger partial charge < -0.3 is 9.30 Å². The summed E-state index contributed by atoms with van der Waals surface area (Å²) < 4.78 is 9.27. The molecular weight excluding hydrogens is 424 g/mol. The van der Waals surface area contributed by atoms with Gasteiger partial charge in [0, 0.05) is 54.5 Å². The first-order valence-corrected chi connectivity index (χ1v) is 11.7. The lowest BCUT2D eigenvalue weighted by Crippen LogP contribution is -2.15. The van der Waals surface area contributed by atoms with E-state index in [1.807, 2.05) is 41.5 Å². The molecule has 6 nitrogen and oxygen atoms in total. The number of benzene rings is 1. The fourth-order valence-corrected chi connectivity index (χ4v) is 3.97. The first kappa shape index (κ1) is 23.5. The van der Waals surface area contributed by atoms with E-state index in [-0.39, 0.29) is 5.56 Å². The summed E-state index contributed by atoms with van der Waals surface area (Å²) in [7, 11) is 1.76. The summed E-state index contributed by atoms with van der Waals surface area (Å²) >= 11 is 0. The predicted molar refractivity (Wildman–Crippen MR) is 137 cm³/mol. The van der Waals surface area contributed by atoms with E-state index in [4.69, 9.17) is 4.74 Å². The summed E-state index contributed by atoms with van der Waals surface area (Å²) in [5.74, 6) is 1.26. The molecule has 0 bridgehead atoms. The number of aryl methyl sites for hydroxylation is 2. The summed E-state index contributed by atoms with van der Waals surface area (Å²) in [5.41, 5.74) is 6.91. The zero-order chi connectivity index (χ0) is 24.2. The van der Waals surface area contributed by atoms with Crippen LogP contribution in [0.15, 0.2) is 66.0 Å². The fraction of sp³-hybridized carbons (Fsp3) is 0.321. The van der Waals surface area contributed by atoms with Crippen molar-refractivity contribution in [1.29, 1.82) is 0 Å². The van der Waals surface area contributed by atoms with Crippen molar-refractivity contribution in [3.05, 3.63) is 82.7 Å². The van der Waals surface area contributed by atoms with Crippen LogP contribution >= 0.6 is 0 Å². The number of hydrogen-bond donors (Lipinski definition) is 0. The highest BCUT2D eigenvalue weighted by molar-refractivity contribution is 5.82. The highest BCUT2D eigenvalue weighted by atomic mass is 16.5. The van der Waals surface area contributed by atoms with Gasteiger partial charge in [0.15, 0.2) is 0 Å². The van der Waals surface area contributed by atoms with Gasteiger partial charge in [-0.1, -0.05) is 26.0 Å². The first-order chi connectivity index (χ1) is 16.3. The standard InChI is InChI=1S/C28H32N4O2/c1-19(2)8-7-13-34-27-12-11-22(15-29-27)24-14-28(33)31(5)18-25(24)23-16-30-32(17-23)26-10-6-9-20(3)21(26)4/h6,9-12,14-19H,7-8,13H2,1-5H3. The molecule has 176 valence electrons. The second-order valence-corrected chi connectivity index (χ2v) is 9.21. The third-order valence-electron chi connectivity index (χ3n) is 6.17. The third-order valence-corrected chi connectivity index (χ3v) is 6.17. The van der Waals surface area contributed by atoms with E-state index in [1.54, 1.807) is 23.9 Å². The summed E-state index contributed by atoms with van der Waals surface area (Å²) in [4.78, 5) is 17.0. The van der Waals surface area contributed by atoms with Gasteiger partial charge in [0.2, 0.25) is 5.88 Å². The van der Waals surface area contributed by atoms with E-state index in [0.29, 0.717) is 18.4 Å². The Labute approximate surface area is 200 Å². The third kappa shape index (κ3) is 5.11. The Kier molecular flexibility index (Phi) is 6.96. The molecule has 3 aromatic heterocycles. The van der Waals surface area contributed by atoms with Crippen molar-refractivity contribution < 1.29 is 4.74 Å². The highest BCUT2D eigenvalue weighted by Gasteiger charge is 2.14. The largest absolute Gasteiger partial charge is 0.478 e. The summed E-state index contributed by atoms with van der Waals surface area (Å²) in [5, 5.41) is 4.61.